The van der Waals surface area contributed by atoms with E-state index in [-0.39, 0.29) is 21.7 Å². The van der Waals surface area contributed by atoms with E-state index >= 15 is 0 Å². The van der Waals surface area contributed by atoms with Crippen molar-refractivity contribution in [3.05, 3.63) is 410 Å². The van der Waals surface area contributed by atoms with Crippen LogP contribution in [-0.2, 0) is 28.1 Å². The van der Waals surface area contributed by atoms with E-state index in [1.807, 2.05) is 22.7 Å². The first-order valence-electron chi connectivity index (χ1n) is 43.7. The summed E-state index contributed by atoms with van der Waals surface area (Å²) in [6.45, 7) is 26.1. The van der Waals surface area contributed by atoms with Gasteiger partial charge in [-0.05, 0) is 244 Å². The predicted molar refractivity (Wildman–Crippen MR) is 541 cm³/mol. The molecule has 0 spiro atoms. The van der Waals surface area contributed by atoms with Crippen molar-refractivity contribution in [2.45, 2.75) is 104 Å². The third kappa shape index (κ3) is 13.9. The van der Waals surface area contributed by atoms with Crippen molar-refractivity contribution in [3.8, 4) is 66.8 Å². The van der Waals surface area contributed by atoms with E-state index in [1.165, 1.54) is 172 Å². The Morgan fingerprint density at radius 3 is 1.17 bits per heavy atom. The van der Waals surface area contributed by atoms with Gasteiger partial charge in [-0.2, -0.15) is 0 Å². The minimum atomic E-state index is -0.299. The molecule has 0 saturated heterocycles. The molecule has 0 bridgehead atoms. The summed E-state index contributed by atoms with van der Waals surface area (Å²) in [6, 6.07) is 145. The molecule has 0 saturated carbocycles. The number of benzene rings is 19. The summed E-state index contributed by atoms with van der Waals surface area (Å²) in [5.74, 6) is 0. The van der Waals surface area contributed by atoms with E-state index in [1.54, 1.807) is 0 Å². The van der Waals surface area contributed by atoms with Crippen LogP contribution in [0.15, 0.2) is 382 Å². The maximum Gasteiger partial charge on any atom is 0.0555 e. The zero-order valence-electron chi connectivity index (χ0n) is 72.3. The number of rotatable bonds is 15. The van der Waals surface area contributed by atoms with Crippen LogP contribution in [0.5, 0.6) is 0 Å². The van der Waals surface area contributed by atoms with Gasteiger partial charge < -0.3 is 9.80 Å². The van der Waals surface area contributed by atoms with Gasteiger partial charge in [0, 0.05) is 62.8 Å². The normalized spacial score (nSPS) is 12.3. The molecule has 0 atom stereocenters. The van der Waals surface area contributed by atoms with Crippen molar-refractivity contribution in [1.82, 2.24) is 0 Å². The Morgan fingerprint density at radius 2 is 0.605 bits per heavy atom. The van der Waals surface area contributed by atoms with Gasteiger partial charge in [-0.15, -0.1) is 22.7 Å². The number of anilines is 6. The van der Waals surface area contributed by atoms with E-state index < -0.39 is 0 Å². The molecule has 2 aromatic heterocycles. The van der Waals surface area contributed by atoms with Crippen LogP contribution in [0, 0.1) is 0 Å². The number of nitrogens with zero attached hydrogens (tertiary/aromatic N) is 2. The molecule has 0 aliphatic carbocycles. The molecule has 0 aliphatic rings. The molecular weight excluding hydrogens is 1530 g/mol. The first-order valence-corrected chi connectivity index (χ1v) is 45.3. The second-order valence-electron chi connectivity index (χ2n) is 37.7. The Labute approximate surface area is 736 Å². The van der Waals surface area contributed by atoms with E-state index in [9.17, 15) is 0 Å². The standard InChI is InChI=1S/C120H98N2S2/c1-117(2,3)86-68-84(69-87(73-86)118(4,5)6)94-45-23-33-78-35-26-50-102(113(78)94)100-41-15-19-52-106(100)122(108-54-30-58-112-116(108)104-43-17-21-56-110(104)124-112)91-39-22-37-82(72-91)92-44-28-48-97-96-47-27-38-83(93(96)65-66-98(92)97)75-120(10,11)89-71-85(70-88(74-89)119(7,8)9)95-46-24-34-79-36-25-49-101(114(79)95)99-40-14-18-51-105(99)121(107-53-29-57-111-115(107)103-42-16-20-55-109(103)123-111)90-63-61-77(62-64-90)81-60-59-76-31-12-13-32-80(76)67-81/h12-74H,75H2,1-11H3. The van der Waals surface area contributed by atoms with Gasteiger partial charge in [0.05, 0.1) is 22.7 Å². The molecule has 2 nitrogen and oxygen atoms in total. The molecule has 4 heteroatoms. The monoisotopic (exact) mass is 1630 g/mol. The summed E-state index contributed by atoms with van der Waals surface area (Å²) in [7, 11) is 0. The summed E-state index contributed by atoms with van der Waals surface area (Å²) >= 11 is 3.73. The minimum absolute atomic E-state index is 0.0435. The average Bonchev–Trinajstić information content (AvgIpc) is 1.73. The van der Waals surface area contributed by atoms with E-state index in [0.717, 1.165) is 57.2 Å². The maximum atomic E-state index is 2.56. The van der Waals surface area contributed by atoms with Crippen LogP contribution in [0.3, 0.4) is 0 Å². The van der Waals surface area contributed by atoms with Crippen LogP contribution in [0.2, 0.25) is 0 Å². The van der Waals surface area contributed by atoms with Crippen molar-refractivity contribution >= 4 is 151 Å². The fourth-order valence-electron chi connectivity index (χ4n) is 19.5. The van der Waals surface area contributed by atoms with E-state index in [0.29, 0.717) is 0 Å². The third-order valence-electron chi connectivity index (χ3n) is 26.1. The third-order valence-corrected chi connectivity index (χ3v) is 28.3. The zero-order chi connectivity index (χ0) is 84.5. The Hall–Kier alpha value is -13.5. The van der Waals surface area contributed by atoms with Crippen molar-refractivity contribution in [2.24, 2.45) is 0 Å². The van der Waals surface area contributed by atoms with E-state index in [2.05, 4.69) is 468 Å². The van der Waals surface area contributed by atoms with Gasteiger partial charge in [0.25, 0.3) is 0 Å². The quantitative estimate of drug-likeness (QED) is 0.0944. The fourth-order valence-corrected chi connectivity index (χ4v) is 21.8. The van der Waals surface area contributed by atoms with Gasteiger partial charge in [0.2, 0.25) is 0 Å². The molecule has 0 unspecified atom stereocenters. The summed E-state index contributed by atoms with van der Waals surface area (Å²) < 4.78 is 5.08. The van der Waals surface area contributed by atoms with Gasteiger partial charge in [0.15, 0.2) is 0 Å². The van der Waals surface area contributed by atoms with Crippen molar-refractivity contribution in [1.29, 1.82) is 0 Å². The van der Waals surface area contributed by atoms with Gasteiger partial charge in [-0.3, -0.25) is 0 Å². The van der Waals surface area contributed by atoms with Crippen LogP contribution in [-0.4, -0.2) is 0 Å². The number of hydrogen-bond donors (Lipinski definition) is 0. The van der Waals surface area contributed by atoms with Gasteiger partial charge in [0.1, 0.15) is 0 Å². The fraction of sp³-hybridized carbons (Fsp3) is 0.133. The lowest BCUT2D eigenvalue weighted by molar-refractivity contribution is 0.519. The molecule has 0 radical (unpaired) electrons. The van der Waals surface area contributed by atoms with E-state index in [4.69, 9.17) is 0 Å². The smallest absolute Gasteiger partial charge is 0.0555 e. The highest BCUT2D eigenvalue weighted by Crippen LogP contribution is 2.54. The lowest BCUT2D eigenvalue weighted by Gasteiger charge is -2.30. The van der Waals surface area contributed by atoms with Crippen molar-refractivity contribution in [3.63, 3.8) is 0 Å². The Balaban J connectivity index is 0.658. The Morgan fingerprint density at radius 1 is 0.210 bits per heavy atom. The topological polar surface area (TPSA) is 6.48 Å². The first-order chi connectivity index (χ1) is 60.1. The maximum absolute atomic E-state index is 2.56. The summed E-state index contributed by atoms with van der Waals surface area (Å²) in [4.78, 5) is 5.09. The number of para-hydroxylation sites is 2. The second kappa shape index (κ2) is 30.5. The predicted octanol–water partition coefficient (Wildman–Crippen LogP) is 35.5. The average molecular weight is 1630 g/mol. The molecule has 19 aromatic carbocycles. The lowest BCUT2D eigenvalue weighted by Crippen LogP contribution is -2.22. The molecule has 600 valence electrons. The van der Waals surface area contributed by atoms with Crippen LogP contribution < -0.4 is 9.80 Å². The van der Waals surface area contributed by atoms with Gasteiger partial charge in [-0.25, -0.2) is 0 Å². The summed E-state index contributed by atoms with van der Waals surface area (Å²) in [6.07, 6.45) is 0.829. The Kier molecular flexibility index (Phi) is 19.2. The van der Waals surface area contributed by atoms with Crippen molar-refractivity contribution in [2.75, 3.05) is 9.80 Å². The lowest BCUT2D eigenvalue weighted by atomic mass is 9.74. The second-order valence-corrected chi connectivity index (χ2v) is 39.8. The number of thiophene rings is 2. The van der Waals surface area contributed by atoms with Crippen molar-refractivity contribution < 1.29 is 0 Å². The highest BCUT2D eigenvalue weighted by molar-refractivity contribution is 7.26. The molecule has 21 aromatic rings. The van der Waals surface area contributed by atoms with Crippen LogP contribution in [0.1, 0.15) is 104 Å². The number of hydrogen-bond acceptors (Lipinski definition) is 4. The van der Waals surface area contributed by atoms with Crippen LogP contribution in [0.25, 0.3) is 161 Å². The van der Waals surface area contributed by atoms with Crippen LogP contribution >= 0.6 is 22.7 Å². The SMILES string of the molecule is CC(C)(C)c1cc(-c2cccc3cccc(-c4ccccc4N(c4cccc(-c5cccc6c5ccc5c(CC(C)(C)c7cc(-c8cccc9cccc(-c%10ccccc%10N(c%10ccc(-c%11ccc%12ccccc%12c%11)cc%10)c%10cccc%11sc%12ccccc%12c%10%11)c89)cc(C(C)(C)C)c7)cccc56)c4)c4cccc5sc6ccccc6c45)c23)cc(C(C)(C)C)c1. The largest absolute Gasteiger partial charge is 0.309 e. The highest BCUT2D eigenvalue weighted by atomic mass is 32.1. The van der Waals surface area contributed by atoms with Gasteiger partial charge in [-0.1, -0.05) is 379 Å². The molecule has 0 fully saturated rings. The van der Waals surface area contributed by atoms with Crippen LogP contribution in [0.4, 0.5) is 34.1 Å². The zero-order valence-corrected chi connectivity index (χ0v) is 73.9. The highest BCUT2D eigenvalue weighted by Gasteiger charge is 2.31. The molecular formula is C120H98N2S2. The van der Waals surface area contributed by atoms with Gasteiger partial charge >= 0.3 is 0 Å². The molecule has 0 N–H and O–H groups in total. The Bertz CT molecular complexity index is 7780. The molecule has 124 heavy (non-hydrogen) atoms. The minimum Gasteiger partial charge on any atom is -0.309 e. The summed E-state index contributed by atoms with van der Waals surface area (Å²) in [5, 5.41) is 17.4. The molecule has 0 aliphatic heterocycles. The summed E-state index contributed by atoms with van der Waals surface area (Å²) in [5.41, 5.74) is 27.2. The first kappa shape index (κ1) is 77.8. The molecule has 21 rings (SSSR count). The number of fused-ring (bicyclic) bond motifs is 12. The molecule has 0 amide bonds. The molecule has 2 heterocycles.